The summed E-state index contributed by atoms with van der Waals surface area (Å²) < 4.78 is 27.2. The molecule has 0 aliphatic heterocycles. The molecule has 0 spiro atoms. The van der Waals surface area contributed by atoms with Gasteiger partial charge in [-0.2, -0.15) is 4.31 Å². The maximum Gasteiger partial charge on any atom is 0.243 e. The van der Waals surface area contributed by atoms with Gasteiger partial charge in [-0.15, -0.1) is 0 Å². The molecule has 0 aromatic heterocycles. The van der Waals surface area contributed by atoms with Crippen LogP contribution in [0, 0.1) is 0 Å². The van der Waals surface area contributed by atoms with Crippen molar-refractivity contribution in [1.82, 2.24) is 4.31 Å². The summed E-state index contributed by atoms with van der Waals surface area (Å²) in [5.74, 6) is 0. The molecule has 118 valence electrons. The maximum absolute atomic E-state index is 12.9. The highest BCUT2D eigenvalue weighted by molar-refractivity contribution is 7.89. The molecule has 5 heteroatoms. The fourth-order valence-electron chi connectivity index (χ4n) is 2.21. The molecule has 0 heterocycles. The molecule has 0 unspecified atom stereocenters. The highest BCUT2D eigenvalue weighted by Gasteiger charge is 2.28. The Hall–Kier alpha value is -1.69. The summed E-state index contributed by atoms with van der Waals surface area (Å²) in [4.78, 5) is 0.287. The SMILES string of the molecule is CC(C)(N)CN(Cc1ccccc1)S(=O)(=O)c1ccccc1. The molecule has 0 aliphatic rings. The molecule has 0 saturated heterocycles. The molecule has 2 aromatic rings. The van der Waals surface area contributed by atoms with Crippen LogP contribution in [-0.2, 0) is 16.6 Å². The normalized spacial score (nSPS) is 12.5. The van der Waals surface area contributed by atoms with Gasteiger partial charge in [-0.3, -0.25) is 0 Å². The summed E-state index contributed by atoms with van der Waals surface area (Å²) in [7, 11) is -3.58. The van der Waals surface area contributed by atoms with Crippen molar-refractivity contribution in [2.75, 3.05) is 6.54 Å². The van der Waals surface area contributed by atoms with Crippen LogP contribution in [0.3, 0.4) is 0 Å². The molecule has 0 radical (unpaired) electrons. The summed E-state index contributed by atoms with van der Waals surface area (Å²) in [5.41, 5.74) is 6.38. The minimum Gasteiger partial charge on any atom is -0.324 e. The number of benzene rings is 2. The van der Waals surface area contributed by atoms with Gasteiger partial charge in [-0.1, -0.05) is 48.5 Å². The zero-order chi connectivity index (χ0) is 16.2. The number of rotatable bonds is 6. The molecular weight excluding hydrogens is 296 g/mol. The van der Waals surface area contributed by atoms with Crippen molar-refractivity contribution in [1.29, 1.82) is 0 Å². The zero-order valence-electron chi connectivity index (χ0n) is 12.9. The minimum absolute atomic E-state index is 0.249. The molecule has 0 amide bonds. The van der Waals surface area contributed by atoms with Crippen LogP contribution in [0.25, 0.3) is 0 Å². The van der Waals surface area contributed by atoms with Gasteiger partial charge in [0.15, 0.2) is 0 Å². The molecule has 2 rings (SSSR count). The van der Waals surface area contributed by atoms with E-state index < -0.39 is 15.6 Å². The van der Waals surface area contributed by atoms with E-state index >= 15 is 0 Å². The van der Waals surface area contributed by atoms with Gasteiger partial charge in [0.25, 0.3) is 0 Å². The first-order valence-electron chi connectivity index (χ1n) is 7.17. The fourth-order valence-corrected chi connectivity index (χ4v) is 3.83. The number of sulfonamides is 1. The topological polar surface area (TPSA) is 63.4 Å². The van der Waals surface area contributed by atoms with Crippen molar-refractivity contribution in [2.24, 2.45) is 5.73 Å². The van der Waals surface area contributed by atoms with Crippen molar-refractivity contribution < 1.29 is 8.42 Å². The van der Waals surface area contributed by atoms with E-state index in [-0.39, 0.29) is 11.4 Å². The van der Waals surface area contributed by atoms with Gasteiger partial charge in [-0.05, 0) is 31.5 Å². The second-order valence-electron chi connectivity index (χ2n) is 6.06. The fraction of sp³-hybridized carbons (Fsp3) is 0.294. The number of nitrogens with zero attached hydrogens (tertiary/aromatic N) is 1. The highest BCUT2D eigenvalue weighted by Crippen LogP contribution is 2.20. The van der Waals surface area contributed by atoms with Gasteiger partial charge in [0, 0.05) is 18.6 Å². The molecule has 0 bridgehead atoms. The third-order valence-corrected chi connectivity index (χ3v) is 4.97. The van der Waals surface area contributed by atoms with Crippen molar-refractivity contribution in [3.05, 3.63) is 66.2 Å². The van der Waals surface area contributed by atoms with Crippen molar-refractivity contribution in [3.8, 4) is 0 Å². The molecule has 0 atom stereocenters. The van der Waals surface area contributed by atoms with E-state index in [4.69, 9.17) is 5.73 Å². The highest BCUT2D eigenvalue weighted by atomic mass is 32.2. The van der Waals surface area contributed by atoms with Crippen LogP contribution < -0.4 is 5.73 Å². The van der Waals surface area contributed by atoms with Crippen LogP contribution in [0.1, 0.15) is 19.4 Å². The Labute approximate surface area is 132 Å². The van der Waals surface area contributed by atoms with Gasteiger partial charge in [0.1, 0.15) is 0 Å². The van der Waals surface area contributed by atoms with Gasteiger partial charge in [0.2, 0.25) is 10.0 Å². The van der Waals surface area contributed by atoms with E-state index in [1.54, 1.807) is 30.3 Å². The van der Waals surface area contributed by atoms with Crippen LogP contribution in [0.2, 0.25) is 0 Å². The Morgan fingerprint density at radius 1 is 0.955 bits per heavy atom. The molecule has 0 saturated carbocycles. The predicted octanol–water partition coefficient (Wildman–Crippen LogP) is 2.61. The van der Waals surface area contributed by atoms with E-state index in [2.05, 4.69) is 0 Å². The molecule has 0 aliphatic carbocycles. The lowest BCUT2D eigenvalue weighted by Gasteiger charge is -2.29. The lowest BCUT2D eigenvalue weighted by molar-refractivity contribution is 0.329. The summed E-state index contributed by atoms with van der Waals surface area (Å²) >= 11 is 0. The smallest absolute Gasteiger partial charge is 0.243 e. The average molecular weight is 318 g/mol. The monoisotopic (exact) mass is 318 g/mol. The average Bonchev–Trinajstić information content (AvgIpc) is 2.47. The van der Waals surface area contributed by atoms with Gasteiger partial charge >= 0.3 is 0 Å². The first-order valence-corrected chi connectivity index (χ1v) is 8.61. The van der Waals surface area contributed by atoms with Crippen molar-refractivity contribution >= 4 is 10.0 Å². The van der Waals surface area contributed by atoms with Crippen LogP contribution >= 0.6 is 0 Å². The quantitative estimate of drug-likeness (QED) is 0.890. The van der Waals surface area contributed by atoms with Crippen LogP contribution in [0.4, 0.5) is 0 Å². The molecule has 22 heavy (non-hydrogen) atoms. The first-order chi connectivity index (χ1) is 10.3. The zero-order valence-corrected chi connectivity index (χ0v) is 13.8. The van der Waals surface area contributed by atoms with Gasteiger partial charge < -0.3 is 5.73 Å². The lowest BCUT2D eigenvalue weighted by atomic mass is 10.1. The summed E-state index contributed by atoms with van der Waals surface area (Å²) in [5, 5.41) is 0. The third-order valence-electron chi connectivity index (χ3n) is 3.17. The van der Waals surface area contributed by atoms with E-state index in [0.29, 0.717) is 6.54 Å². The van der Waals surface area contributed by atoms with E-state index in [1.165, 1.54) is 4.31 Å². The Morgan fingerprint density at radius 2 is 1.45 bits per heavy atom. The van der Waals surface area contributed by atoms with E-state index in [1.807, 2.05) is 44.2 Å². The van der Waals surface area contributed by atoms with Crippen molar-refractivity contribution in [3.63, 3.8) is 0 Å². The van der Waals surface area contributed by atoms with Crippen LogP contribution in [0.15, 0.2) is 65.6 Å². The van der Waals surface area contributed by atoms with Gasteiger partial charge in [0.05, 0.1) is 4.90 Å². The summed E-state index contributed by atoms with van der Waals surface area (Å²) in [6, 6.07) is 18.0. The van der Waals surface area contributed by atoms with Crippen LogP contribution in [-0.4, -0.2) is 24.8 Å². The van der Waals surface area contributed by atoms with Crippen molar-refractivity contribution in [2.45, 2.75) is 30.8 Å². The van der Waals surface area contributed by atoms with Crippen LogP contribution in [0.5, 0.6) is 0 Å². The molecule has 2 N–H and O–H groups in total. The second kappa shape index (κ2) is 6.60. The predicted molar refractivity (Wildman–Crippen MR) is 88.7 cm³/mol. The number of hydrogen-bond acceptors (Lipinski definition) is 3. The van der Waals surface area contributed by atoms with Gasteiger partial charge in [-0.25, -0.2) is 8.42 Å². The summed E-state index contributed by atoms with van der Waals surface area (Å²) in [6.45, 7) is 4.20. The first kappa shape index (κ1) is 16.7. The standard InChI is InChI=1S/C17H22N2O2S/c1-17(2,18)14-19(13-15-9-5-3-6-10-15)22(20,21)16-11-7-4-8-12-16/h3-12H,13-14,18H2,1-2H3. The van der Waals surface area contributed by atoms with E-state index in [0.717, 1.165) is 5.56 Å². The lowest BCUT2D eigenvalue weighted by Crippen LogP contribution is -2.47. The molecule has 2 aromatic carbocycles. The maximum atomic E-state index is 12.9. The molecule has 0 fully saturated rings. The number of nitrogens with two attached hydrogens (primary N) is 1. The Balaban J connectivity index is 2.36. The number of hydrogen-bond donors (Lipinski definition) is 1. The Kier molecular flexibility index (Phi) is 5.01. The third kappa shape index (κ3) is 4.40. The summed E-state index contributed by atoms with van der Waals surface area (Å²) in [6.07, 6.45) is 0. The Bertz CT molecular complexity index is 692. The molecular formula is C17H22N2O2S. The minimum atomic E-state index is -3.58. The largest absolute Gasteiger partial charge is 0.324 e. The van der Waals surface area contributed by atoms with E-state index in [9.17, 15) is 8.42 Å². The Morgan fingerprint density at radius 3 is 1.95 bits per heavy atom. The second-order valence-corrected chi connectivity index (χ2v) is 8.00. The molecule has 4 nitrogen and oxygen atoms in total.